The third-order valence-electron chi connectivity index (χ3n) is 3.25. The fraction of sp³-hybridized carbons (Fsp3) is 0.375. The summed E-state index contributed by atoms with van der Waals surface area (Å²) in [6.07, 6.45) is 2.99. The van der Waals surface area contributed by atoms with Crippen LogP contribution in [0.5, 0.6) is 0 Å². The van der Waals surface area contributed by atoms with E-state index in [-0.39, 0.29) is 5.92 Å². The highest BCUT2D eigenvalue weighted by atomic mass is 16.5. The van der Waals surface area contributed by atoms with Gasteiger partial charge in [0.25, 0.3) is 0 Å². The SMILES string of the molecule is C=C[C@H](CCc1ccccc1)C(C(=O)OC)C(=O)OC. The molecule has 0 spiro atoms. The highest BCUT2D eigenvalue weighted by molar-refractivity contribution is 5.95. The summed E-state index contributed by atoms with van der Waals surface area (Å²) in [5.41, 5.74) is 1.15. The van der Waals surface area contributed by atoms with Crippen molar-refractivity contribution in [3.8, 4) is 0 Å². The van der Waals surface area contributed by atoms with Gasteiger partial charge in [0.15, 0.2) is 5.92 Å². The molecule has 0 saturated heterocycles. The van der Waals surface area contributed by atoms with Gasteiger partial charge in [-0.05, 0) is 18.4 Å². The van der Waals surface area contributed by atoms with E-state index in [4.69, 9.17) is 0 Å². The highest BCUT2D eigenvalue weighted by Crippen LogP contribution is 2.22. The average Bonchev–Trinajstić information content (AvgIpc) is 2.51. The molecular formula is C16H20O4. The van der Waals surface area contributed by atoms with E-state index in [1.807, 2.05) is 30.3 Å². The number of rotatable bonds is 7. The van der Waals surface area contributed by atoms with Crippen molar-refractivity contribution in [1.29, 1.82) is 0 Å². The number of aryl methyl sites for hydroxylation is 1. The summed E-state index contributed by atoms with van der Waals surface area (Å²) in [5.74, 6) is -2.44. The Balaban J connectivity index is 2.77. The molecule has 0 radical (unpaired) electrons. The number of carbonyl (C=O) groups excluding carboxylic acids is 2. The molecule has 20 heavy (non-hydrogen) atoms. The largest absolute Gasteiger partial charge is 0.468 e. The summed E-state index contributed by atoms with van der Waals surface area (Å²) < 4.78 is 9.37. The minimum Gasteiger partial charge on any atom is -0.468 e. The van der Waals surface area contributed by atoms with Crippen LogP contribution in [0.4, 0.5) is 0 Å². The molecular weight excluding hydrogens is 256 g/mol. The van der Waals surface area contributed by atoms with Gasteiger partial charge in [0.05, 0.1) is 14.2 Å². The van der Waals surface area contributed by atoms with Gasteiger partial charge in [-0.1, -0.05) is 36.4 Å². The topological polar surface area (TPSA) is 52.6 Å². The zero-order chi connectivity index (χ0) is 15.0. The lowest BCUT2D eigenvalue weighted by Crippen LogP contribution is -2.32. The van der Waals surface area contributed by atoms with E-state index in [1.165, 1.54) is 14.2 Å². The van der Waals surface area contributed by atoms with Gasteiger partial charge < -0.3 is 9.47 Å². The molecule has 0 unspecified atom stereocenters. The molecule has 0 aliphatic carbocycles. The third kappa shape index (κ3) is 4.23. The number of esters is 2. The first kappa shape index (κ1) is 16.0. The van der Waals surface area contributed by atoms with Gasteiger partial charge in [0.2, 0.25) is 0 Å². The standard InChI is InChI=1S/C16H20O4/c1-4-13(11-10-12-8-6-5-7-9-12)14(15(17)19-2)16(18)20-3/h4-9,13-14H,1,10-11H2,2-3H3/t13-/m1/s1. The molecule has 0 aliphatic rings. The second kappa shape index (κ2) is 8.15. The van der Waals surface area contributed by atoms with Crippen LogP contribution in [0, 0.1) is 11.8 Å². The van der Waals surface area contributed by atoms with Gasteiger partial charge in [0.1, 0.15) is 0 Å². The lowest BCUT2D eigenvalue weighted by atomic mass is 9.87. The van der Waals surface area contributed by atoms with Crippen molar-refractivity contribution in [3.63, 3.8) is 0 Å². The number of methoxy groups -OCH3 is 2. The van der Waals surface area contributed by atoms with Crippen LogP contribution in [0.1, 0.15) is 12.0 Å². The summed E-state index contributed by atoms with van der Waals surface area (Å²) >= 11 is 0. The van der Waals surface area contributed by atoms with Gasteiger partial charge in [-0.2, -0.15) is 0 Å². The van der Waals surface area contributed by atoms with E-state index in [2.05, 4.69) is 16.1 Å². The van der Waals surface area contributed by atoms with Gasteiger partial charge in [-0.3, -0.25) is 9.59 Å². The number of ether oxygens (including phenoxy) is 2. The Morgan fingerprint density at radius 1 is 1.15 bits per heavy atom. The molecule has 0 aromatic heterocycles. The van der Waals surface area contributed by atoms with Crippen LogP contribution in [0.25, 0.3) is 0 Å². The number of hydrogen-bond donors (Lipinski definition) is 0. The first-order chi connectivity index (χ1) is 9.63. The predicted molar refractivity (Wildman–Crippen MR) is 76.0 cm³/mol. The summed E-state index contributed by atoms with van der Waals surface area (Å²) in [4.78, 5) is 23.5. The summed E-state index contributed by atoms with van der Waals surface area (Å²) in [6, 6.07) is 9.86. The van der Waals surface area contributed by atoms with Crippen LogP contribution >= 0.6 is 0 Å². The quantitative estimate of drug-likeness (QED) is 0.436. The summed E-state index contributed by atoms with van der Waals surface area (Å²) in [6.45, 7) is 3.71. The van der Waals surface area contributed by atoms with Crippen molar-refractivity contribution >= 4 is 11.9 Å². The van der Waals surface area contributed by atoms with E-state index >= 15 is 0 Å². The molecule has 0 aliphatic heterocycles. The Kier molecular flexibility index (Phi) is 6.50. The molecule has 0 amide bonds. The van der Waals surface area contributed by atoms with Crippen molar-refractivity contribution in [2.75, 3.05) is 14.2 Å². The first-order valence-corrected chi connectivity index (χ1v) is 6.46. The highest BCUT2D eigenvalue weighted by Gasteiger charge is 2.34. The van der Waals surface area contributed by atoms with E-state index < -0.39 is 17.9 Å². The van der Waals surface area contributed by atoms with Crippen molar-refractivity contribution in [3.05, 3.63) is 48.6 Å². The average molecular weight is 276 g/mol. The second-order valence-corrected chi connectivity index (χ2v) is 4.45. The van der Waals surface area contributed by atoms with Gasteiger partial charge in [-0.25, -0.2) is 0 Å². The van der Waals surface area contributed by atoms with E-state index in [0.717, 1.165) is 12.0 Å². The van der Waals surface area contributed by atoms with Crippen LogP contribution in [0.2, 0.25) is 0 Å². The second-order valence-electron chi connectivity index (χ2n) is 4.45. The Hall–Kier alpha value is -2.10. The Morgan fingerprint density at radius 3 is 2.15 bits per heavy atom. The van der Waals surface area contributed by atoms with Crippen molar-refractivity contribution < 1.29 is 19.1 Å². The Labute approximate surface area is 119 Å². The maximum absolute atomic E-state index is 11.8. The molecule has 0 heterocycles. The van der Waals surface area contributed by atoms with E-state index in [1.54, 1.807) is 6.08 Å². The van der Waals surface area contributed by atoms with Crippen molar-refractivity contribution in [1.82, 2.24) is 0 Å². The minimum absolute atomic E-state index is 0.310. The van der Waals surface area contributed by atoms with Crippen LogP contribution in [-0.2, 0) is 25.5 Å². The zero-order valence-electron chi connectivity index (χ0n) is 11.9. The maximum Gasteiger partial charge on any atom is 0.320 e. The molecule has 0 N–H and O–H groups in total. The maximum atomic E-state index is 11.8. The number of carbonyl (C=O) groups is 2. The number of hydrogen-bond acceptors (Lipinski definition) is 4. The molecule has 4 heteroatoms. The van der Waals surface area contributed by atoms with Gasteiger partial charge in [-0.15, -0.1) is 6.58 Å². The summed E-state index contributed by atoms with van der Waals surface area (Å²) in [5, 5.41) is 0. The third-order valence-corrected chi connectivity index (χ3v) is 3.25. The number of allylic oxidation sites excluding steroid dienone is 1. The minimum atomic E-state index is -0.953. The molecule has 0 saturated carbocycles. The van der Waals surface area contributed by atoms with E-state index in [9.17, 15) is 9.59 Å². The van der Waals surface area contributed by atoms with Crippen molar-refractivity contribution in [2.45, 2.75) is 12.8 Å². The molecule has 108 valence electrons. The fourth-order valence-electron chi connectivity index (χ4n) is 2.10. The molecule has 1 aromatic rings. The smallest absolute Gasteiger partial charge is 0.320 e. The normalized spacial score (nSPS) is 11.8. The van der Waals surface area contributed by atoms with Crippen LogP contribution < -0.4 is 0 Å². The van der Waals surface area contributed by atoms with Crippen molar-refractivity contribution in [2.24, 2.45) is 11.8 Å². The molecule has 4 nitrogen and oxygen atoms in total. The molecule has 1 atom stereocenters. The monoisotopic (exact) mass is 276 g/mol. The molecule has 0 fully saturated rings. The summed E-state index contributed by atoms with van der Waals surface area (Å²) in [7, 11) is 2.52. The van der Waals surface area contributed by atoms with Gasteiger partial charge >= 0.3 is 11.9 Å². The first-order valence-electron chi connectivity index (χ1n) is 6.46. The zero-order valence-corrected chi connectivity index (χ0v) is 11.9. The van der Waals surface area contributed by atoms with Crippen LogP contribution in [0.3, 0.4) is 0 Å². The van der Waals surface area contributed by atoms with Gasteiger partial charge in [0, 0.05) is 5.92 Å². The number of benzene rings is 1. The Morgan fingerprint density at radius 2 is 1.70 bits per heavy atom. The van der Waals surface area contributed by atoms with Crippen LogP contribution in [0.15, 0.2) is 43.0 Å². The fourth-order valence-corrected chi connectivity index (χ4v) is 2.10. The van der Waals surface area contributed by atoms with Crippen LogP contribution in [-0.4, -0.2) is 26.2 Å². The predicted octanol–water partition coefficient (Wildman–Crippen LogP) is 2.38. The molecule has 1 rings (SSSR count). The lowest BCUT2D eigenvalue weighted by molar-refractivity contribution is -0.160. The molecule has 1 aromatic carbocycles. The molecule has 0 bridgehead atoms. The lowest BCUT2D eigenvalue weighted by Gasteiger charge is -2.20. The van der Waals surface area contributed by atoms with E-state index in [0.29, 0.717) is 6.42 Å². The Bertz CT molecular complexity index is 437.